The second-order valence-electron chi connectivity index (χ2n) is 10.3. The Morgan fingerprint density at radius 1 is 0.837 bits per heavy atom. The molecule has 0 aliphatic heterocycles. The van der Waals surface area contributed by atoms with Gasteiger partial charge < -0.3 is 32.3 Å². The van der Waals surface area contributed by atoms with E-state index in [0.29, 0.717) is 37.7 Å². The van der Waals surface area contributed by atoms with Gasteiger partial charge in [-0.1, -0.05) is 36.8 Å². The van der Waals surface area contributed by atoms with E-state index in [4.69, 9.17) is 11.5 Å². The first-order chi connectivity index (χ1) is 20.4. The van der Waals surface area contributed by atoms with Gasteiger partial charge in [0, 0.05) is 36.2 Å². The van der Waals surface area contributed by atoms with Crippen LogP contribution in [-0.4, -0.2) is 64.2 Å². The SMILES string of the molecule is CC(=O)c1ccc(C(=O)O)c(CCCC[C@H](N)C(N)=O)c1N[C@@H](CCCCNC(=O)CCC(=O)c1ccccc1)C(=O)O. The molecule has 232 valence electrons. The van der Waals surface area contributed by atoms with Crippen LogP contribution in [0.1, 0.15) is 94.9 Å². The van der Waals surface area contributed by atoms with Gasteiger partial charge in [-0.2, -0.15) is 0 Å². The van der Waals surface area contributed by atoms with Crippen molar-refractivity contribution in [1.82, 2.24) is 5.32 Å². The Morgan fingerprint density at radius 3 is 2.09 bits per heavy atom. The number of aliphatic carboxylic acids is 1. The third kappa shape index (κ3) is 11.3. The number of hydrogen-bond donors (Lipinski definition) is 6. The lowest BCUT2D eigenvalue weighted by Crippen LogP contribution is -2.36. The molecular weight excluding hydrogens is 556 g/mol. The molecule has 0 aliphatic carbocycles. The summed E-state index contributed by atoms with van der Waals surface area (Å²) in [5.41, 5.74) is 11.9. The van der Waals surface area contributed by atoms with Crippen LogP contribution in [0, 0.1) is 0 Å². The number of carbonyl (C=O) groups excluding carboxylic acids is 4. The molecule has 0 saturated heterocycles. The molecule has 2 amide bonds. The van der Waals surface area contributed by atoms with Crippen LogP contribution in [0.4, 0.5) is 5.69 Å². The number of amides is 2. The Morgan fingerprint density at radius 2 is 1.49 bits per heavy atom. The number of nitrogens with two attached hydrogens (primary N) is 2. The molecule has 0 radical (unpaired) electrons. The Labute approximate surface area is 250 Å². The van der Waals surface area contributed by atoms with Gasteiger partial charge in [-0.3, -0.25) is 19.2 Å². The van der Waals surface area contributed by atoms with Crippen LogP contribution in [0.15, 0.2) is 42.5 Å². The maximum absolute atomic E-state index is 12.4. The molecule has 8 N–H and O–H groups in total. The summed E-state index contributed by atoms with van der Waals surface area (Å²) >= 11 is 0. The largest absolute Gasteiger partial charge is 0.480 e. The summed E-state index contributed by atoms with van der Waals surface area (Å²) in [5, 5.41) is 25.3. The lowest BCUT2D eigenvalue weighted by atomic mass is 9.93. The highest BCUT2D eigenvalue weighted by molar-refractivity contribution is 6.03. The molecule has 0 saturated carbocycles. The lowest BCUT2D eigenvalue weighted by molar-refractivity contribution is -0.138. The average molecular weight is 597 g/mol. The van der Waals surface area contributed by atoms with Gasteiger partial charge >= 0.3 is 11.9 Å². The number of ketones is 2. The molecule has 2 aromatic rings. The highest BCUT2D eigenvalue weighted by Crippen LogP contribution is 2.29. The number of benzene rings is 2. The van der Waals surface area contributed by atoms with Crippen LogP contribution >= 0.6 is 0 Å². The zero-order valence-corrected chi connectivity index (χ0v) is 24.3. The summed E-state index contributed by atoms with van der Waals surface area (Å²) in [6.45, 7) is 1.60. The molecule has 12 nitrogen and oxygen atoms in total. The van der Waals surface area contributed by atoms with E-state index in [0.717, 1.165) is 0 Å². The van der Waals surface area contributed by atoms with Crippen molar-refractivity contribution in [2.24, 2.45) is 11.5 Å². The van der Waals surface area contributed by atoms with Gasteiger partial charge in [-0.05, 0) is 63.1 Å². The van der Waals surface area contributed by atoms with Crippen LogP contribution in [0.3, 0.4) is 0 Å². The molecule has 0 bridgehead atoms. The third-order valence-corrected chi connectivity index (χ3v) is 7.01. The second-order valence-corrected chi connectivity index (χ2v) is 10.3. The maximum Gasteiger partial charge on any atom is 0.336 e. The normalized spacial score (nSPS) is 12.1. The van der Waals surface area contributed by atoms with Gasteiger partial charge in [0.05, 0.1) is 11.6 Å². The van der Waals surface area contributed by atoms with E-state index in [2.05, 4.69) is 10.6 Å². The smallest absolute Gasteiger partial charge is 0.336 e. The first kappa shape index (κ1) is 34.6. The van der Waals surface area contributed by atoms with Crippen molar-refractivity contribution in [3.05, 3.63) is 64.7 Å². The van der Waals surface area contributed by atoms with Gasteiger partial charge in [-0.25, -0.2) is 9.59 Å². The van der Waals surface area contributed by atoms with Crippen molar-refractivity contribution >= 4 is 41.0 Å². The molecule has 0 fully saturated rings. The summed E-state index contributed by atoms with van der Waals surface area (Å²) in [4.78, 5) is 72.1. The minimum Gasteiger partial charge on any atom is -0.480 e. The first-order valence-electron chi connectivity index (χ1n) is 14.2. The monoisotopic (exact) mass is 596 g/mol. The van der Waals surface area contributed by atoms with Crippen LogP contribution in [-0.2, 0) is 20.8 Å². The average Bonchev–Trinajstić information content (AvgIpc) is 2.97. The third-order valence-electron chi connectivity index (χ3n) is 7.01. The number of hydrogen-bond acceptors (Lipinski definition) is 8. The summed E-state index contributed by atoms with van der Waals surface area (Å²) in [6, 6.07) is 9.39. The van der Waals surface area contributed by atoms with Crippen molar-refractivity contribution in [2.45, 2.75) is 76.8 Å². The number of unbranched alkanes of at least 4 members (excludes halogenated alkanes) is 2. The number of carboxylic acid groups (broad SMARTS) is 2. The topological polar surface area (TPSA) is 219 Å². The number of Topliss-reactive ketones (excluding diaryl/α,β-unsaturated/α-hetero) is 2. The highest BCUT2D eigenvalue weighted by atomic mass is 16.4. The number of aromatic carboxylic acids is 1. The lowest BCUT2D eigenvalue weighted by Gasteiger charge is -2.22. The van der Waals surface area contributed by atoms with Gasteiger partial charge in [0.1, 0.15) is 6.04 Å². The molecule has 0 aromatic heterocycles. The number of carboxylic acids is 2. The van der Waals surface area contributed by atoms with E-state index in [1.807, 2.05) is 0 Å². The van der Waals surface area contributed by atoms with E-state index in [9.17, 15) is 39.0 Å². The molecule has 43 heavy (non-hydrogen) atoms. The fourth-order valence-corrected chi connectivity index (χ4v) is 4.59. The number of nitrogens with one attached hydrogen (secondary N) is 2. The molecule has 12 heteroatoms. The van der Waals surface area contributed by atoms with Crippen molar-refractivity contribution in [1.29, 1.82) is 0 Å². The summed E-state index contributed by atoms with van der Waals surface area (Å²) in [5.74, 6) is -3.83. The summed E-state index contributed by atoms with van der Waals surface area (Å²) in [7, 11) is 0. The van der Waals surface area contributed by atoms with Crippen LogP contribution in [0.25, 0.3) is 0 Å². The van der Waals surface area contributed by atoms with Crippen molar-refractivity contribution < 1.29 is 39.0 Å². The van der Waals surface area contributed by atoms with Crippen molar-refractivity contribution in [3.63, 3.8) is 0 Å². The van der Waals surface area contributed by atoms with Gasteiger partial charge in [0.25, 0.3) is 0 Å². The van der Waals surface area contributed by atoms with Crippen LogP contribution < -0.4 is 22.1 Å². The van der Waals surface area contributed by atoms with Crippen molar-refractivity contribution in [2.75, 3.05) is 11.9 Å². The minimum atomic E-state index is -1.23. The Balaban J connectivity index is 2.01. The quantitative estimate of drug-likeness (QED) is 0.0969. The van der Waals surface area contributed by atoms with E-state index < -0.39 is 29.9 Å². The Kier molecular flexibility index (Phi) is 14.0. The number of primary amides is 1. The molecular formula is C31H40N4O8. The van der Waals surface area contributed by atoms with E-state index >= 15 is 0 Å². The van der Waals surface area contributed by atoms with Crippen LogP contribution in [0.2, 0.25) is 0 Å². The van der Waals surface area contributed by atoms with Gasteiger partial charge in [0.2, 0.25) is 11.8 Å². The van der Waals surface area contributed by atoms with Crippen LogP contribution in [0.5, 0.6) is 0 Å². The number of carbonyl (C=O) groups is 6. The highest BCUT2D eigenvalue weighted by Gasteiger charge is 2.25. The molecule has 2 rings (SSSR count). The van der Waals surface area contributed by atoms with E-state index in [-0.39, 0.29) is 72.1 Å². The molecule has 0 heterocycles. The Hall–Kier alpha value is -4.58. The molecule has 2 atom stereocenters. The fourth-order valence-electron chi connectivity index (χ4n) is 4.59. The van der Waals surface area contributed by atoms with Gasteiger partial charge in [-0.15, -0.1) is 0 Å². The van der Waals surface area contributed by atoms with Crippen molar-refractivity contribution in [3.8, 4) is 0 Å². The Bertz CT molecular complexity index is 1310. The van der Waals surface area contributed by atoms with E-state index in [1.54, 1.807) is 30.3 Å². The molecule has 2 aromatic carbocycles. The zero-order valence-electron chi connectivity index (χ0n) is 24.3. The first-order valence-corrected chi connectivity index (χ1v) is 14.2. The second kappa shape index (κ2) is 17.4. The molecule has 0 aliphatic rings. The molecule has 0 spiro atoms. The number of anilines is 1. The van der Waals surface area contributed by atoms with E-state index in [1.165, 1.54) is 19.1 Å². The predicted molar refractivity (Wildman–Crippen MR) is 160 cm³/mol. The standard InChI is InChI=1S/C31H40N4O8/c1-19(36)21-14-15-23(30(40)41)22(11-5-6-12-24(32)29(33)39)28(21)35-25(31(42)43)13-7-8-18-34-27(38)17-16-26(37)20-9-3-2-4-10-20/h2-4,9-10,14-15,24-25,35H,5-8,11-13,16-18,32H2,1H3,(H2,33,39)(H,34,38)(H,40,41)(H,42,43)/t24-,25-/m0/s1. The summed E-state index contributed by atoms with van der Waals surface area (Å²) < 4.78 is 0. The predicted octanol–water partition coefficient (Wildman–Crippen LogP) is 2.93. The van der Waals surface area contributed by atoms with Gasteiger partial charge in [0.15, 0.2) is 11.6 Å². The maximum atomic E-state index is 12.4. The summed E-state index contributed by atoms with van der Waals surface area (Å²) in [6.07, 6.45) is 2.50. The zero-order chi connectivity index (χ0) is 31.9. The fraction of sp³-hybridized carbons (Fsp3) is 0.419. The number of rotatable bonds is 20. The molecule has 0 unspecified atom stereocenters. The minimum absolute atomic E-state index is 0.0397.